The van der Waals surface area contributed by atoms with E-state index in [2.05, 4.69) is 5.32 Å². The van der Waals surface area contributed by atoms with Crippen LogP contribution in [0.3, 0.4) is 0 Å². The number of halogens is 3. The van der Waals surface area contributed by atoms with Gasteiger partial charge in [-0.2, -0.15) is 0 Å². The van der Waals surface area contributed by atoms with E-state index in [1.807, 2.05) is 22.6 Å². The molecule has 1 aliphatic carbocycles. The molecule has 0 fully saturated rings. The molecular weight excluding hydrogens is 553 g/mol. The molecule has 3 rings (SSSR count). The van der Waals surface area contributed by atoms with Crippen molar-refractivity contribution >= 4 is 51.8 Å². The van der Waals surface area contributed by atoms with E-state index in [0.717, 1.165) is 18.2 Å². The summed E-state index contributed by atoms with van der Waals surface area (Å²) in [5.41, 5.74) is 2.75. The van der Waals surface area contributed by atoms with Crippen LogP contribution in [0.4, 0.5) is 20.2 Å². The summed E-state index contributed by atoms with van der Waals surface area (Å²) in [7, 11) is 0. The van der Waals surface area contributed by atoms with Gasteiger partial charge in [0, 0.05) is 16.1 Å². The number of hydrogen-bond acceptors (Lipinski definition) is 5. The number of carboxylic acid groups (broad SMARTS) is 2. The minimum atomic E-state index is -1.83. The molecule has 5 N–H and O–H groups in total. The van der Waals surface area contributed by atoms with Gasteiger partial charge in [-0.25, -0.2) is 13.6 Å². The SMILES string of the molecule is CC1(C(=O)O)CC(Oc2cc(F)cc(Nc3ccc(I)cc3F)c2C(N)=O)=CC=C1C(=O)O. The third kappa shape index (κ3) is 4.97. The Balaban J connectivity index is 2.04. The zero-order valence-electron chi connectivity index (χ0n) is 17.0. The molecular formula is C22H17F2IN2O6. The van der Waals surface area contributed by atoms with Crippen LogP contribution in [0, 0.1) is 20.6 Å². The van der Waals surface area contributed by atoms with Gasteiger partial charge in [-0.3, -0.25) is 9.59 Å². The number of rotatable bonds is 7. The second kappa shape index (κ2) is 9.17. The van der Waals surface area contributed by atoms with Crippen LogP contribution in [-0.4, -0.2) is 28.1 Å². The molecule has 8 nitrogen and oxygen atoms in total. The first-order chi connectivity index (χ1) is 15.4. The molecule has 0 heterocycles. The van der Waals surface area contributed by atoms with E-state index in [0.29, 0.717) is 3.57 Å². The summed E-state index contributed by atoms with van der Waals surface area (Å²) in [6, 6.07) is 6.02. The third-order valence-electron chi connectivity index (χ3n) is 5.02. The Kier molecular flexibility index (Phi) is 6.72. The lowest BCUT2D eigenvalue weighted by Gasteiger charge is -2.29. The van der Waals surface area contributed by atoms with Crippen molar-refractivity contribution in [1.29, 1.82) is 0 Å². The highest BCUT2D eigenvalue weighted by atomic mass is 127. The minimum Gasteiger partial charge on any atom is -0.481 e. The van der Waals surface area contributed by atoms with Gasteiger partial charge in [-0.1, -0.05) is 0 Å². The number of ether oxygens (including phenoxy) is 1. The summed E-state index contributed by atoms with van der Waals surface area (Å²) in [5.74, 6) is -5.71. The molecule has 0 saturated heterocycles. The second-order valence-corrected chi connectivity index (χ2v) is 8.62. The van der Waals surface area contributed by atoms with Crippen molar-refractivity contribution in [2.24, 2.45) is 11.1 Å². The fourth-order valence-electron chi connectivity index (χ4n) is 3.32. The van der Waals surface area contributed by atoms with Gasteiger partial charge in [0.05, 0.1) is 16.9 Å². The average Bonchev–Trinajstić information content (AvgIpc) is 2.69. The molecule has 1 amide bonds. The molecule has 2 aromatic rings. The second-order valence-electron chi connectivity index (χ2n) is 7.37. The van der Waals surface area contributed by atoms with E-state index in [4.69, 9.17) is 10.5 Å². The van der Waals surface area contributed by atoms with Crippen molar-refractivity contribution < 1.29 is 38.1 Å². The van der Waals surface area contributed by atoms with Crippen molar-refractivity contribution in [1.82, 2.24) is 0 Å². The van der Waals surface area contributed by atoms with Crippen LogP contribution in [0.2, 0.25) is 0 Å². The highest BCUT2D eigenvalue weighted by molar-refractivity contribution is 14.1. The van der Waals surface area contributed by atoms with E-state index >= 15 is 0 Å². The first-order valence-electron chi connectivity index (χ1n) is 9.33. The predicted molar refractivity (Wildman–Crippen MR) is 122 cm³/mol. The monoisotopic (exact) mass is 570 g/mol. The van der Waals surface area contributed by atoms with E-state index in [1.54, 1.807) is 6.07 Å². The number of anilines is 2. The summed E-state index contributed by atoms with van der Waals surface area (Å²) in [6.45, 7) is 1.21. The average molecular weight is 570 g/mol. The van der Waals surface area contributed by atoms with Gasteiger partial charge in [0.1, 0.15) is 34.1 Å². The van der Waals surface area contributed by atoms with Crippen LogP contribution in [0.15, 0.2) is 53.8 Å². The molecule has 0 spiro atoms. The number of primary amides is 1. The van der Waals surface area contributed by atoms with Crippen LogP contribution in [0.5, 0.6) is 5.75 Å². The van der Waals surface area contributed by atoms with Crippen molar-refractivity contribution in [3.05, 3.63) is 74.6 Å². The number of carbonyl (C=O) groups is 3. The Morgan fingerprint density at radius 3 is 2.39 bits per heavy atom. The first kappa shape index (κ1) is 24.2. The van der Waals surface area contributed by atoms with Gasteiger partial charge in [0.25, 0.3) is 5.91 Å². The molecule has 1 atom stereocenters. The maximum atomic E-state index is 14.4. The molecule has 0 saturated carbocycles. The van der Waals surface area contributed by atoms with Crippen molar-refractivity contribution in [3.8, 4) is 5.75 Å². The summed E-state index contributed by atoms with van der Waals surface area (Å²) in [4.78, 5) is 35.4. The third-order valence-corrected chi connectivity index (χ3v) is 5.69. The molecule has 0 aromatic heterocycles. The zero-order chi connectivity index (χ0) is 24.5. The standard InChI is InChI=1S/C22H17F2IN2O6/c1-22(21(31)32)9-12(3-4-13(22)20(29)30)33-17-7-10(23)6-16(18(17)19(26)28)27-15-5-2-11(25)8-14(15)24/h2-8,27H,9H2,1H3,(H2,26,28)(H,29,30)(H,31,32). The number of amides is 1. The maximum Gasteiger partial charge on any atom is 0.332 e. The lowest BCUT2D eigenvalue weighted by atomic mass is 9.75. The van der Waals surface area contributed by atoms with Gasteiger partial charge < -0.3 is 26.0 Å². The maximum absolute atomic E-state index is 14.4. The van der Waals surface area contributed by atoms with Gasteiger partial charge in [0.15, 0.2) is 0 Å². The number of nitrogens with two attached hydrogens (primary N) is 1. The van der Waals surface area contributed by atoms with Gasteiger partial charge in [-0.15, -0.1) is 0 Å². The molecule has 1 aliphatic rings. The lowest BCUT2D eigenvalue weighted by molar-refractivity contribution is -0.149. The Hall–Kier alpha value is -3.48. The van der Waals surface area contributed by atoms with Crippen molar-refractivity contribution in [2.75, 3.05) is 5.32 Å². The Morgan fingerprint density at radius 1 is 1.12 bits per heavy atom. The van der Waals surface area contributed by atoms with Gasteiger partial charge in [0.2, 0.25) is 0 Å². The number of carbonyl (C=O) groups excluding carboxylic acids is 1. The molecule has 11 heteroatoms. The topological polar surface area (TPSA) is 139 Å². The minimum absolute atomic E-state index is 0.0376. The van der Waals surface area contributed by atoms with Gasteiger partial charge >= 0.3 is 11.9 Å². The normalized spacial score (nSPS) is 17.6. The molecule has 2 aromatic carbocycles. The van der Waals surface area contributed by atoms with E-state index in [1.165, 1.54) is 25.1 Å². The summed E-state index contributed by atoms with van der Waals surface area (Å²) in [5, 5.41) is 21.5. The van der Waals surface area contributed by atoms with E-state index < -0.39 is 34.9 Å². The molecule has 33 heavy (non-hydrogen) atoms. The number of hydrogen-bond donors (Lipinski definition) is 4. The fraction of sp³-hybridized carbons (Fsp3) is 0.136. The first-order valence-corrected chi connectivity index (χ1v) is 10.4. The van der Waals surface area contributed by atoms with Crippen LogP contribution in [-0.2, 0) is 9.59 Å². The molecule has 0 bridgehead atoms. The van der Waals surface area contributed by atoms with Crippen molar-refractivity contribution in [3.63, 3.8) is 0 Å². The van der Waals surface area contributed by atoms with E-state index in [-0.39, 0.29) is 40.4 Å². The summed E-state index contributed by atoms with van der Waals surface area (Å²) < 4.78 is 34.9. The molecule has 1 unspecified atom stereocenters. The molecule has 0 aliphatic heterocycles. The van der Waals surface area contributed by atoms with Gasteiger partial charge in [-0.05, 0) is 65.9 Å². The number of nitrogens with one attached hydrogen (secondary N) is 1. The molecule has 0 radical (unpaired) electrons. The summed E-state index contributed by atoms with van der Waals surface area (Å²) in [6.07, 6.45) is 1.90. The summed E-state index contributed by atoms with van der Waals surface area (Å²) >= 11 is 1.91. The van der Waals surface area contributed by atoms with E-state index in [9.17, 15) is 33.4 Å². The Morgan fingerprint density at radius 2 is 1.82 bits per heavy atom. The van der Waals surface area contributed by atoms with Crippen molar-refractivity contribution in [2.45, 2.75) is 13.3 Å². The van der Waals surface area contributed by atoms with Crippen LogP contribution >= 0.6 is 22.6 Å². The predicted octanol–water partition coefficient (Wildman–Crippen LogP) is 4.18. The largest absolute Gasteiger partial charge is 0.481 e. The number of benzene rings is 2. The highest BCUT2D eigenvalue weighted by Gasteiger charge is 2.44. The highest BCUT2D eigenvalue weighted by Crippen LogP contribution is 2.40. The number of allylic oxidation sites excluding steroid dienone is 3. The number of aliphatic carboxylic acids is 2. The van der Waals surface area contributed by atoms with Crippen LogP contribution in [0.25, 0.3) is 0 Å². The zero-order valence-corrected chi connectivity index (χ0v) is 19.1. The Labute approximate surface area is 199 Å². The van der Waals surface area contributed by atoms with Crippen LogP contribution < -0.4 is 15.8 Å². The van der Waals surface area contributed by atoms with Crippen LogP contribution in [0.1, 0.15) is 23.7 Å². The lowest BCUT2D eigenvalue weighted by Crippen LogP contribution is -2.36. The smallest absolute Gasteiger partial charge is 0.332 e. The fourth-order valence-corrected chi connectivity index (χ4v) is 3.78. The molecule has 172 valence electrons. The Bertz CT molecular complexity index is 1240. The number of carboxylic acids is 2. The quantitative estimate of drug-likeness (QED) is 0.367.